The molecular formula is C19H29NO2. The first-order valence-electron chi connectivity index (χ1n) is 8.44. The summed E-state index contributed by atoms with van der Waals surface area (Å²) in [7, 11) is 0. The van der Waals surface area contributed by atoms with E-state index < -0.39 is 5.41 Å². The van der Waals surface area contributed by atoms with Gasteiger partial charge in [-0.05, 0) is 45.6 Å². The molecule has 0 radical (unpaired) electrons. The molecule has 0 aliphatic carbocycles. The Kier molecular flexibility index (Phi) is 5.63. The quantitative estimate of drug-likeness (QED) is 0.846. The number of benzene rings is 1. The average molecular weight is 303 g/mol. The Morgan fingerprint density at radius 3 is 2.55 bits per heavy atom. The molecule has 3 nitrogen and oxygen atoms in total. The number of hydrogen-bond donors (Lipinski definition) is 1. The van der Waals surface area contributed by atoms with E-state index in [1.54, 1.807) is 0 Å². The lowest BCUT2D eigenvalue weighted by Gasteiger charge is -2.36. The van der Waals surface area contributed by atoms with Crippen LogP contribution in [-0.2, 0) is 9.53 Å². The van der Waals surface area contributed by atoms with Crippen LogP contribution < -0.4 is 5.32 Å². The Morgan fingerprint density at radius 1 is 1.27 bits per heavy atom. The van der Waals surface area contributed by atoms with Crippen molar-refractivity contribution >= 4 is 5.97 Å². The van der Waals surface area contributed by atoms with Crippen LogP contribution in [0, 0.1) is 5.41 Å². The molecule has 0 unspecified atom stereocenters. The fourth-order valence-electron chi connectivity index (χ4n) is 2.93. The maximum absolute atomic E-state index is 12.4. The molecule has 1 aromatic rings. The molecule has 2 rings (SSSR count). The van der Waals surface area contributed by atoms with E-state index in [9.17, 15) is 4.79 Å². The molecule has 3 atom stereocenters. The Hall–Kier alpha value is -1.35. The normalized spacial score (nSPS) is 23.8. The number of rotatable bonds is 4. The number of ether oxygens (including phenoxy) is 1. The summed E-state index contributed by atoms with van der Waals surface area (Å²) in [4.78, 5) is 12.4. The minimum absolute atomic E-state index is 0.137. The van der Waals surface area contributed by atoms with E-state index in [0.29, 0.717) is 6.04 Å². The van der Waals surface area contributed by atoms with E-state index in [-0.39, 0.29) is 18.1 Å². The predicted octanol–water partition coefficient (Wildman–Crippen LogP) is 4.24. The van der Waals surface area contributed by atoms with Crippen LogP contribution in [0.15, 0.2) is 30.3 Å². The lowest BCUT2D eigenvalue weighted by Crippen LogP contribution is -2.46. The van der Waals surface area contributed by atoms with Crippen LogP contribution in [-0.4, -0.2) is 18.1 Å². The first-order chi connectivity index (χ1) is 10.4. The summed E-state index contributed by atoms with van der Waals surface area (Å²) in [5.41, 5.74) is 0.598. The highest BCUT2D eigenvalue weighted by Crippen LogP contribution is 2.31. The number of hydrogen-bond acceptors (Lipinski definition) is 3. The molecule has 122 valence electrons. The highest BCUT2D eigenvalue weighted by atomic mass is 16.5. The smallest absolute Gasteiger partial charge is 0.311 e. The highest BCUT2D eigenvalue weighted by Gasteiger charge is 2.34. The molecule has 1 aliphatic heterocycles. The molecule has 3 heteroatoms. The molecule has 22 heavy (non-hydrogen) atoms. The van der Waals surface area contributed by atoms with Gasteiger partial charge in [-0.15, -0.1) is 0 Å². The van der Waals surface area contributed by atoms with Crippen molar-refractivity contribution in [2.24, 2.45) is 5.41 Å². The third-order valence-electron chi connectivity index (χ3n) is 4.35. The highest BCUT2D eigenvalue weighted by molar-refractivity contribution is 5.75. The van der Waals surface area contributed by atoms with Crippen LogP contribution in [0.2, 0.25) is 0 Å². The van der Waals surface area contributed by atoms with Crippen molar-refractivity contribution in [2.45, 2.75) is 71.6 Å². The zero-order valence-electron chi connectivity index (χ0n) is 14.3. The van der Waals surface area contributed by atoms with Crippen LogP contribution in [0.4, 0.5) is 0 Å². The van der Waals surface area contributed by atoms with Crippen LogP contribution in [0.25, 0.3) is 0 Å². The summed E-state index contributed by atoms with van der Waals surface area (Å²) in [6.07, 6.45) is 4.36. The molecule has 1 N–H and O–H groups in total. The first kappa shape index (κ1) is 17.0. The second-order valence-corrected chi connectivity index (χ2v) is 7.30. The summed E-state index contributed by atoms with van der Waals surface area (Å²) >= 11 is 0. The van der Waals surface area contributed by atoms with Gasteiger partial charge in [0.2, 0.25) is 0 Å². The number of esters is 1. The van der Waals surface area contributed by atoms with Gasteiger partial charge in [0.05, 0.1) is 5.41 Å². The summed E-state index contributed by atoms with van der Waals surface area (Å²) in [5.74, 6) is -0.137. The van der Waals surface area contributed by atoms with E-state index in [4.69, 9.17) is 4.74 Å². The molecule has 1 saturated heterocycles. The Balaban J connectivity index is 2.20. The molecule has 0 aromatic heterocycles. The van der Waals surface area contributed by atoms with E-state index in [2.05, 4.69) is 24.4 Å². The van der Waals surface area contributed by atoms with Crippen molar-refractivity contribution in [3.8, 4) is 0 Å². The molecular weight excluding hydrogens is 274 g/mol. The topological polar surface area (TPSA) is 38.3 Å². The zero-order chi connectivity index (χ0) is 16.2. The van der Waals surface area contributed by atoms with Gasteiger partial charge >= 0.3 is 5.97 Å². The van der Waals surface area contributed by atoms with E-state index in [1.165, 1.54) is 12.8 Å². The van der Waals surface area contributed by atoms with Gasteiger partial charge < -0.3 is 10.1 Å². The molecule has 0 saturated carbocycles. The molecule has 0 spiro atoms. The molecule has 1 aromatic carbocycles. The third-order valence-corrected chi connectivity index (χ3v) is 4.35. The molecule has 1 aliphatic rings. The lowest BCUT2D eigenvalue weighted by atomic mass is 9.90. The van der Waals surface area contributed by atoms with E-state index >= 15 is 0 Å². The first-order valence-corrected chi connectivity index (χ1v) is 8.44. The van der Waals surface area contributed by atoms with Crippen LogP contribution >= 0.6 is 0 Å². The number of carbonyl (C=O) groups is 1. The maximum atomic E-state index is 12.4. The molecule has 1 heterocycles. The predicted molar refractivity (Wildman–Crippen MR) is 89.6 cm³/mol. The summed E-state index contributed by atoms with van der Waals surface area (Å²) in [5, 5.41) is 3.68. The minimum atomic E-state index is -0.480. The zero-order valence-corrected chi connectivity index (χ0v) is 14.3. The van der Waals surface area contributed by atoms with Crippen LogP contribution in [0.1, 0.15) is 65.0 Å². The Bertz CT molecular complexity index is 478. The van der Waals surface area contributed by atoms with Gasteiger partial charge in [-0.1, -0.05) is 43.7 Å². The number of piperidine rings is 1. The number of nitrogens with one attached hydrogen (secondary N) is 1. The molecule has 0 amide bonds. The van der Waals surface area contributed by atoms with Crippen molar-refractivity contribution in [2.75, 3.05) is 0 Å². The fourth-order valence-corrected chi connectivity index (χ4v) is 2.93. The summed E-state index contributed by atoms with van der Waals surface area (Å²) < 4.78 is 5.93. The standard InChI is InChI=1S/C19H29NO2/c1-5-15-12-9-13-16(20-15)17(14-10-7-6-8-11-14)22-18(21)19(2,3)4/h6-8,10-11,15-17,20H,5,9,12-13H2,1-4H3/t15-,16-,17-/m1/s1. The van der Waals surface area contributed by atoms with Crippen LogP contribution in [0.3, 0.4) is 0 Å². The van der Waals surface area contributed by atoms with Crippen molar-refractivity contribution in [1.29, 1.82) is 0 Å². The summed E-state index contributed by atoms with van der Waals surface area (Å²) in [6.45, 7) is 7.92. The van der Waals surface area contributed by atoms with Gasteiger partial charge in [0.1, 0.15) is 6.10 Å². The van der Waals surface area contributed by atoms with Gasteiger partial charge in [-0.25, -0.2) is 0 Å². The fraction of sp³-hybridized carbons (Fsp3) is 0.632. The second-order valence-electron chi connectivity index (χ2n) is 7.30. The van der Waals surface area contributed by atoms with Crippen molar-refractivity contribution in [3.63, 3.8) is 0 Å². The minimum Gasteiger partial charge on any atom is -0.455 e. The van der Waals surface area contributed by atoms with E-state index in [1.807, 2.05) is 39.0 Å². The average Bonchev–Trinajstić information content (AvgIpc) is 2.52. The molecule has 0 bridgehead atoms. The lowest BCUT2D eigenvalue weighted by molar-refractivity contribution is -0.161. The van der Waals surface area contributed by atoms with Crippen molar-refractivity contribution < 1.29 is 9.53 Å². The van der Waals surface area contributed by atoms with Crippen LogP contribution in [0.5, 0.6) is 0 Å². The summed E-state index contributed by atoms with van der Waals surface area (Å²) in [6, 6.07) is 10.8. The Labute approximate surface area is 134 Å². The van der Waals surface area contributed by atoms with Crippen molar-refractivity contribution in [3.05, 3.63) is 35.9 Å². The van der Waals surface area contributed by atoms with Gasteiger partial charge in [0.25, 0.3) is 0 Å². The largest absolute Gasteiger partial charge is 0.455 e. The molecule has 1 fully saturated rings. The SMILES string of the molecule is CC[C@@H]1CCC[C@H]([C@H](OC(=O)C(C)(C)C)c2ccccc2)N1. The second kappa shape index (κ2) is 7.28. The van der Waals surface area contributed by atoms with Gasteiger partial charge in [-0.2, -0.15) is 0 Å². The maximum Gasteiger partial charge on any atom is 0.311 e. The van der Waals surface area contributed by atoms with E-state index in [0.717, 1.165) is 18.4 Å². The van der Waals surface area contributed by atoms with Gasteiger partial charge in [0.15, 0.2) is 0 Å². The van der Waals surface area contributed by atoms with Gasteiger partial charge in [0, 0.05) is 12.1 Å². The number of carbonyl (C=O) groups excluding carboxylic acids is 1. The van der Waals surface area contributed by atoms with Crippen molar-refractivity contribution in [1.82, 2.24) is 5.32 Å². The third kappa shape index (κ3) is 4.33. The Morgan fingerprint density at radius 2 is 1.95 bits per heavy atom. The van der Waals surface area contributed by atoms with Gasteiger partial charge in [-0.3, -0.25) is 4.79 Å². The monoisotopic (exact) mass is 303 g/mol.